The Bertz CT molecular complexity index is 522. The molecule has 2 fully saturated rings. The van der Waals surface area contributed by atoms with Crippen molar-refractivity contribution in [2.75, 3.05) is 26.2 Å². The molecule has 2 saturated heterocycles. The van der Waals surface area contributed by atoms with Crippen molar-refractivity contribution in [3.63, 3.8) is 0 Å². The number of hydrogen-bond acceptors (Lipinski definition) is 2. The van der Waals surface area contributed by atoms with Crippen molar-refractivity contribution in [1.29, 1.82) is 0 Å². The summed E-state index contributed by atoms with van der Waals surface area (Å²) in [5, 5.41) is 0. The molecule has 2 aliphatic rings. The van der Waals surface area contributed by atoms with Gasteiger partial charge in [0.2, 0.25) is 11.8 Å². The van der Waals surface area contributed by atoms with Crippen molar-refractivity contribution in [1.82, 2.24) is 9.80 Å². The maximum absolute atomic E-state index is 12.5. The third kappa shape index (κ3) is 4.37. The molecule has 130 valence electrons. The molecule has 0 unspecified atom stereocenters. The van der Waals surface area contributed by atoms with Gasteiger partial charge in [0.15, 0.2) is 0 Å². The van der Waals surface area contributed by atoms with E-state index in [0.717, 1.165) is 63.0 Å². The lowest BCUT2D eigenvalue weighted by Gasteiger charge is -2.28. The number of piperidine rings is 2. The molecule has 3 rings (SSSR count). The topological polar surface area (TPSA) is 40.6 Å². The zero-order chi connectivity index (χ0) is 16.8. The molecule has 0 atom stereocenters. The molecule has 0 bridgehead atoms. The second-order valence-electron chi connectivity index (χ2n) is 7.01. The van der Waals surface area contributed by atoms with E-state index < -0.39 is 0 Å². The molecule has 1 aromatic rings. The van der Waals surface area contributed by atoms with E-state index in [0.29, 0.717) is 12.8 Å². The van der Waals surface area contributed by atoms with Gasteiger partial charge >= 0.3 is 0 Å². The Morgan fingerprint density at radius 3 is 1.42 bits per heavy atom. The third-order valence-electron chi connectivity index (χ3n) is 5.22. The Labute approximate surface area is 144 Å². The molecule has 2 heterocycles. The molecule has 4 heteroatoms. The molecular formula is C20H28N2O2. The van der Waals surface area contributed by atoms with E-state index in [2.05, 4.69) is 0 Å². The number of nitrogens with zero attached hydrogens (tertiary/aromatic N) is 2. The molecule has 2 amide bonds. The summed E-state index contributed by atoms with van der Waals surface area (Å²) >= 11 is 0. The van der Waals surface area contributed by atoms with Gasteiger partial charge < -0.3 is 9.80 Å². The van der Waals surface area contributed by atoms with Crippen LogP contribution >= 0.6 is 0 Å². The second-order valence-corrected chi connectivity index (χ2v) is 7.01. The summed E-state index contributed by atoms with van der Waals surface area (Å²) in [5.41, 5.74) is 2.02. The van der Waals surface area contributed by atoms with E-state index in [1.807, 2.05) is 34.1 Å². The number of amides is 2. The van der Waals surface area contributed by atoms with Gasteiger partial charge in [-0.2, -0.15) is 0 Å². The van der Waals surface area contributed by atoms with Crippen molar-refractivity contribution >= 4 is 11.8 Å². The first-order chi connectivity index (χ1) is 11.7. The monoisotopic (exact) mass is 328 g/mol. The summed E-state index contributed by atoms with van der Waals surface area (Å²) in [6, 6.07) is 7.93. The molecule has 2 aliphatic heterocycles. The average molecular weight is 328 g/mol. The minimum atomic E-state index is 0.201. The first kappa shape index (κ1) is 17.0. The van der Waals surface area contributed by atoms with E-state index in [4.69, 9.17) is 0 Å². The highest BCUT2D eigenvalue weighted by Gasteiger charge is 2.20. The number of hydrogen-bond donors (Lipinski definition) is 0. The van der Waals surface area contributed by atoms with Gasteiger partial charge in [-0.25, -0.2) is 0 Å². The lowest BCUT2D eigenvalue weighted by atomic mass is 9.99. The molecule has 4 nitrogen and oxygen atoms in total. The molecule has 0 radical (unpaired) electrons. The van der Waals surface area contributed by atoms with Crippen LogP contribution < -0.4 is 0 Å². The van der Waals surface area contributed by atoms with Crippen molar-refractivity contribution in [3.8, 4) is 0 Å². The maximum Gasteiger partial charge on any atom is 0.226 e. The van der Waals surface area contributed by atoms with Crippen molar-refractivity contribution in [2.24, 2.45) is 0 Å². The highest BCUT2D eigenvalue weighted by atomic mass is 16.2. The van der Waals surface area contributed by atoms with Gasteiger partial charge in [-0.05, 0) is 49.7 Å². The number of carbonyl (C=O) groups excluding carboxylic acids is 2. The Morgan fingerprint density at radius 2 is 1.04 bits per heavy atom. The van der Waals surface area contributed by atoms with Crippen LogP contribution in [0.25, 0.3) is 0 Å². The van der Waals surface area contributed by atoms with Gasteiger partial charge in [-0.1, -0.05) is 24.3 Å². The lowest BCUT2D eigenvalue weighted by molar-refractivity contribution is -0.132. The first-order valence-corrected chi connectivity index (χ1v) is 9.36. The van der Waals surface area contributed by atoms with Gasteiger partial charge in [0.25, 0.3) is 0 Å². The third-order valence-corrected chi connectivity index (χ3v) is 5.22. The number of likely N-dealkylation sites (tertiary alicyclic amines) is 2. The Hall–Kier alpha value is -1.84. The summed E-state index contributed by atoms with van der Waals surface area (Å²) in [7, 11) is 0. The van der Waals surface area contributed by atoms with Gasteiger partial charge in [0, 0.05) is 26.2 Å². The largest absolute Gasteiger partial charge is 0.342 e. The summed E-state index contributed by atoms with van der Waals surface area (Å²) in [6.45, 7) is 3.53. The minimum Gasteiger partial charge on any atom is -0.342 e. The van der Waals surface area contributed by atoms with Crippen LogP contribution in [0.2, 0.25) is 0 Å². The fraction of sp³-hybridized carbons (Fsp3) is 0.600. The summed E-state index contributed by atoms with van der Waals surface area (Å²) in [5.74, 6) is 0.403. The molecule has 24 heavy (non-hydrogen) atoms. The number of rotatable bonds is 4. The predicted molar refractivity (Wildman–Crippen MR) is 94.7 cm³/mol. The molecule has 0 saturated carbocycles. The van der Waals surface area contributed by atoms with Gasteiger partial charge in [-0.15, -0.1) is 0 Å². The van der Waals surface area contributed by atoms with Crippen LogP contribution in [-0.2, 0) is 22.4 Å². The van der Waals surface area contributed by atoms with Crippen LogP contribution in [0, 0.1) is 0 Å². The fourth-order valence-electron chi connectivity index (χ4n) is 3.74. The van der Waals surface area contributed by atoms with Crippen LogP contribution in [0.1, 0.15) is 49.7 Å². The molecule has 0 spiro atoms. The Kier molecular flexibility index (Phi) is 5.89. The van der Waals surface area contributed by atoms with Gasteiger partial charge in [-0.3, -0.25) is 9.59 Å². The highest BCUT2D eigenvalue weighted by molar-refractivity contribution is 5.82. The lowest BCUT2D eigenvalue weighted by Crippen LogP contribution is -2.37. The van der Waals surface area contributed by atoms with Gasteiger partial charge in [0.1, 0.15) is 0 Å². The average Bonchev–Trinajstić information content (AvgIpc) is 2.64. The van der Waals surface area contributed by atoms with Crippen LogP contribution in [0.5, 0.6) is 0 Å². The number of carbonyl (C=O) groups is 2. The Morgan fingerprint density at radius 1 is 0.667 bits per heavy atom. The Balaban J connectivity index is 1.63. The maximum atomic E-state index is 12.5. The van der Waals surface area contributed by atoms with Crippen molar-refractivity contribution in [2.45, 2.75) is 51.4 Å². The van der Waals surface area contributed by atoms with E-state index >= 15 is 0 Å². The van der Waals surface area contributed by atoms with E-state index in [1.54, 1.807) is 0 Å². The predicted octanol–water partition coefficient (Wildman–Crippen LogP) is 2.80. The zero-order valence-corrected chi connectivity index (χ0v) is 14.5. The van der Waals surface area contributed by atoms with Crippen molar-refractivity contribution in [3.05, 3.63) is 35.4 Å². The van der Waals surface area contributed by atoms with Crippen LogP contribution in [0.15, 0.2) is 24.3 Å². The van der Waals surface area contributed by atoms with E-state index in [1.165, 1.54) is 12.8 Å². The highest BCUT2D eigenvalue weighted by Crippen LogP contribution is 2.17. The smallest absolute Gasteiger partial charge is 0.226 e. The summed E-state index contributed by atoms with van der Waals surface area (Å²) in [4.78, 5) is 29.0. The molecular weight excluding hydrogens is 300 g/mol. The first-order valence-electron chi connectivity index (χ1n) is 9.36. The van der Waals surface area contributed by atoms with E-state index in [9.17, 15) is 9.59 Å². The van der Waals surface area contributed by atoms with E-state index in [-0.39, 0.29) is 11.8 Å². The van der Waals surface area contributed by atoms with Crippen LogP contribution in [0.3, 0.4) is 0 Å². The molecule has 1 aromatic carbocycles. The van der Waals surface area contributed by atoms with Crippen LogP contribution in [-0.4, -0.2) is 47.8 Å². The number of benzene rings is 1. The summed E-state index contributed by atoms with van der Waals surface area (Å²) < 4.78 is 0. The standard InChI is InChI=1S/C20H28N2O2/c23-19(21-11-5-1-6-12-21)15-17-9-3-4-10-18(17)16-20(24)22-13-7-2-8-14-22/h3-4,9-10H,1-2,5-8,11-16H2. The quantitative estimate of drug-likeness (QED) is 0.853. The zero-order valence-electron chi connectivity index (χ0n) is 14.5. The van der Waals surface area contributed by atoms with Gasteiger partial charge in [0.05, 0.1) is 12.8 Å². The molecule has 0 aromatic heterocycles. The normalized spacial score (nSPS) is 18.5. The van der Waals surface area contributed by atoms with Crippen LogP contribution in [0.4, 0.5) is 0 Å². The fourth-order valence-corrected chi connectivity index (χ4v) is 3.74. The molecule has 0 aliphatic carbocycles. The second kappa shape index (κ2) is 8.32. The molecule has 0 N–H and O–H groups in total. The van der Waals surface area contributed by atoms with Crippen molar-refractivity contribution < 1.29 is 9.59 Å². The summed E-state index contributed by atoms with van der Waals surface area (Å²) in [6.07, 6.45) is 7.74. The minimum absolute atomic E-state index is 0.201. The SMILES string of the molecule is O=C(Cc1ccccc1CC(=O)N1CCCCC1)N1CCCCC1.